The van der Waals surface area contributed by atoms with E-state index in [1.807, 2.05) is 0 Å². The smallest absolute Gasteiger partial charge is 0.358 e. The summed E-state index contributed by atoms with van der Waals surface area (Å²) in [6, 6.07) is 0. The summed E-state index contributed by atoms with van der Waals surface area (Å²) in [5.41, 5.74) is 0. The predicted molar refractivity (Wildman–Crippen MR) is 52.2 cm³/mol. The Kier molecular flexibility index (Phi) is 15.3. The van der Waals surface area contributed by atoms with E-state index in [0.717, 1.165) is 5.92 Å². The van der Waals surface area contributed by atoms with Gasteiger partial charge in [-0.25, -0.2) is 0 Å². The third kappa shape index (κ3) is 7.46. The van der Waals surface area contributed by atoms with Crippen molar-refractivity contribution >= 4 is 0 Å². The molecule has 1 heteroatoms. The first-order valence-electron chi connectivity index (χ1n) is 4.75. The molecule has 1 aliphatic rings. The molecule has 0 unspecified atom stereocenters. The van der Waals surface area contributed by atoms with Crippen LogP contribution in [0.2, 0.25) is 0 Å². The van der Waals surface area contributed by atoms with Crippen molar-refractivity contribution in [3.8, 4) is 0 Å². The van der Waals surface area contributed by atoms with Crippen LogP contribution in [0, 0.1) is 19.8 Å². The maximum Gasteiger partial charge on any atom is 1.00 e. The molecule has 0 N–H and O–H groups in total. The molecule has 1 fully saturated rings. The van der Waals surface area contributed by atoms with Gasteiger partial charge in [-0.15, -0.1) is 0 Å². The number of rotatable bonds is 1. The second-order valence-corrected chi connectivity index (χ2v) is 3.42. The molecule has 0 amide bonds. The third-order valence-electron chi connectivity index (χ3n) is 2.62. The minimum absolute atomic E-state index is 0. The molecule has 1 aliphatic carbocycles. The minimum atomic E-state index is 0. The van der Waals surface area contributed by atoms with E-state index in [-0.39, 0.29) is 76.3 Å². The van der Waals surface area contributed by atoms with Crippen LogP contribution in [-0.4, -0.2) is 0 Å². The van der Waals surface area contributed by atoms with Gasteiger partial charge in [0.05, 0.1) is 0 Å². The van der Waals surface area contributed by atoms with Crippen molar-refractivity contribution in [2.75, 3.05) is 0 Å². The summed E-state index contributed by atoms with van der Waals surface area (Å²) < 4.78 is 0. The zero-order valence-corrected chi connectivity index (χ0v) is 15.4. The minimum Gasteiger partial charge on any atom is -0.358 e. The molecule has 0 radical (unpaired) electrons. The zero-order chi connectivity index (χ0) is 7.23. The maximum absolute atomic E-state index is 2.46. The average molecular weight is 287 g/mol. The van der Waals surface area contributed by atoms with Gasteiger partial charge in [0, 0.05) is 0 Å². The molecule has 0 spiro atoms. The fourth-order valence-electron chi connectivity index (χ4n) is 1.80. The van der Waals surface area contributed by atoms with Crippen molar-refractivity contribution in [2.45, 2.75) is 51.9 Å². The van der Waals surface area contributed by atoms with Crippen LogP contribution in [0.1, 0.15) is 51.9 Å². The van der Waals surface area contributed by atoms with Gasteiger partial charge >= 0.3 is 68.9 Å². The van der Waals surface area contributed by atoms with E-state index in [1.54, 1.807) is 0 Å². The molecular formula is C11H22Cs-. The summed E-state index contributed by atoms with van der Waals surface area (Å²) in [5.74, 6) is 1.05. The van der Waals surface area contributed by atoms with Crippen LogP contribution < -0.4 is 68.9 Å². The summed E-state index contributed by atoms with van der Waals surface area (Å²) in [7, 11) is 0. The van der Waals surface area contributed by atoms with Crippen molar-refractivity contribution in [1.82, 2.24) is 0 Å². The topological polar surface area (TPSA) is 0 Å². The first-order chi connectivity index (χ1) is 4.93. The number of hydrogen-bond donors (Lipinski definition) is 0. The van der Waals surface area contributed by atoms with E-state index >= 15 is 0 Å². The Morgan fingerprint density at radius 1 is 1.17 bits per heavy atom. The van der Waals surface area contributed by atoms with Gasteiger partial charge in [0.2, 0.25) is 0 Å². The van der Waals surface area contributed by atoms with E-state index < -0.39 is 0 Å². The molecule has 0 aromatic rings. The fourth-order valence-corrected chi connectivity index (χ4v) is 1.80. The predicted octanol–water partition coefficient (Wildman–Crippen LogP) is 1.03. The van der Waals surface area contributed by atoms with E-state index in [9.17, 15) is 0 Å². The molecule has 1 rings (SSSR count). The van der Waals surface area contributed by atoms with E-state index in [0.29, 0.717) is 0 Å². The molecule has 0 aromatic carbocycles. The van der Waals surface area contributed by atoms with E-state index in [4.69, 9.17) is 0 Å². The van der Waals surface area contributed by atoms with Gasteiger partial charge < -0.3 is 13.8 Å². The van der Waals surface area contributed by atoms with Crippen LogP contribution in [0.15, 0.2) is 0 Å². The zero-order valence-electron chi connectivity index (χ0n) is 9.10. The third-order valence-corrected chi connectivity index (χ3v) is 2.62. The molecule has 0 aliphatic heterocycles. The largest absolute Gasteiger partial charge is 1.00 e. The Morgan fingerprint density at radius 2 is 1.67 bits per heavy atom. The van der Waals surface area contributed by atoms with Crippen LogP contribution in [-0.2, 0) is 0 Å². The van der Waals surface area contributed by atoms with Crippen LogP contribution in [0.4, 0.5) is 0 Å². The van der Waals surface area contributed by atoms with Gasteiger partial charge in [-0.3, -0.25) is 0 Å². The van der Waals surface area contributed by atoms with Gasteiger partial charge in [0.15, 0.2) is 0 Å². The summed E-state index contributed by atoms with van der Waals surface area (Å²) in [6.45, 7) is 2.33. The Bertz CT molecular complexity index is 73.1. The van der Waals surface area contributed by atoms with Crippen molar-refractivity contribution in [2.24, 2.45) is 5.92 Å². The summed E-state index contributed by atoms with van der Waals surface area (Å²) in [6.07, 6.45) is 12.5. The Balaban J connectivity index is 0. The molecule has 0 heterocycles. The standard InChI is InChI=1S/C10H19.CH3.Cs/c1-2-10-8-6-4-3-5-7-9-10;;/h3,10H,2,4-9H2,1H3;1H3;/q2*-1;+1. The monoisotopic (exact) mass is 287 g/mol. The SMILES string of the molecule is CCC1CCC[CH-]CCC1.[CH3-].[Cs+]. The molecule has 0 nitrogen and oxygen atoms in total. The number of hydrogen-bond acceptors (Lipinski definition) is 0. The van der Waals surface area contributed by atoms with Crippen molar-refractivity contribution in [1.29, 1.82) is 0 Å². The van der Waals surface area contributed by atoms with Crippen LogP contribution in [0.5, 0.6) is 0 Å². The van der Waals surface area contributed by atoms with Gasteiger partial charge in [-0.1, -0.05) is 39.0 Å². The van der Waals surface area contributed by atoms with Crippen molar-refractivity contribution in [3.05, 3.63) is 13.8 Å². The maximum atomic E-state index is 2.46. The van der Waals surface area contributed by atoms with Crippen molar-refractivity contribution < 1.29 is 68.9 Å². The molecule has 1 saturated carbocycles. The van der Waals surface area contributed by atoms with Gasteiger partial charge in [0.25, 0.3) is 0 Å². The van der Waals surface area contributed by atoms with Crippen LogP contribution in [0.25, 0.3) is 0 Å². The molecule has 0 aromatic heterocycles. The fraction of sp³-hybridized carbons (Fsp3) is 0.818. The van der Waals surface area contributed by atoms with Gasteiger partial charge in [0.1, 0.15) is 0 Å². The molecule has 0 saturated heterocycles. The normalized spacial score (nSPS) is 19.8. The Labute approximate surface area is 138 Å². The van der Waals surface area contributed by atoms with Gasteiger partial charge in [-0.2, -0.15) is 12.8 Å². The quantitative estimate of drug-likeness (QED) is 0.632. The van der Waals surface area contributed by atoms with E-state index in [2.05, 4.69) is 13.3 Å². The van der Waals surface area contributed by atoms with E-state index in [1.165, 1.54) is 44.9 Å². The average Bonchev–Trinajstić information content (AvgIpc) is 1.87. The molecule has 0 bridgehead atoms. The second-order valence-electron chi connectivity index (χ2n) is 3.42. The second kappa shape index (κ2) is 11.1. The summed E-state index contributed by atoms with van der Waals surface area (Å²) in [4.78, 5) is 0. The first-order valence-corrected chi connectivity index (χ1v) is 4.75. The Hall–Kier alpha value is 2.05. The summed E-state index contributed by atoms with van der Waals surface area (Å²) >= 11 is 0. The molecular weight excluding hydrogens is 265 g/mol. The van der Waals surface area contributed by atoms with Crippen LogP contribution in [0.3, 0.4) is 0 Å². The molecule has 68 valence electrons. The molecule has 0 atom stereocenters. The van der Waals surface area contributed by atoms with Gasteiger partial charge in [-0.05, 0) is 5.92 Å². The molecule has 12 heavy (non-hydrogen) atoms. The Morgan fingerprint density at radius 3 is 2.08 bits per heavy atom. The van der Waals surface area contributed by atoms with Crippen molar-refractivity contribution in [3.63, 3.8) is 0 Å². The summed E-state index contributed by atoms with van der Waals surface area (Å²) in [5, 5.41) is 0. The van der Waals surface area contributed by atoms with Crippen LogP contribution >= 0.6 is 0 Å². The first kappa shape index (κ1) is 16.5.